The molecule has 1 aliphatic carbocycles. The van der Waals surface area contributed by atoms with Gasteiger partial charge in [-0.25, -0.2) is 4.98 Å². The summed E-state index contributed by atoms with van der Waals surface area (Å²) in [5.41, 5.74) is 3.66. The number of phenolic OH excluding ortho intramolecular Hbond substituents is 1. The van der Waals surface area contributed by atoms with Crippen molar-refractivity contribution in [1.82, 2.24) is 14.9 Å². The Balaban J connectivity index is 1.42. The molecule has 2 aromatic heterocycles. The van der Waals surface area contributed by atoms with Gasteiger partial charge < -0.3 is 10.4 Å². The van der Waals surface area contributed by atoms with Crippen LogP contribution in [-0.2, 0) is 30.7 Å². The van der Waals surface area contributed by atoms with Crippen molar-refractivity contribution in [3.8, 4) is 5.75 Å². The summed E-state index contributed by atoms with van der Waals surface area (Å²) in [6.07, 6.45) is 6.05. The Morgan fingerprint density at radius 1 is 1.24 bits per heavy atom. The highest BCUT2D eigenvalue weighted by molar-refractivity contribution is 7.18. The number of aromatic nitrogens is 2. The van der Waals surface area contributed by atoms with Crippen LogP contribution in [-0.4, -0.2) is 20.6 Å². The molecular weight excluding hydrogens is 386 g/mol. The normalized spacial score (nSPS) is 13.4. The van der Waals surface area contributed by atoms with Crippen LogP contribution in [0.2, 0.25) is 0 Å². The number of nitrogens with zero attached hydrogens (tertiary/aromatic N) is 2. The fourth-order valence-electron chi connectivity index (χ4n) is 4.00. The Morgan fingerprint density at radius 2 is 1.97 bits per heavy atom. The number of aromatic hydroxyl groups is 1. The molecule has 1 aromatic carbocycles. The van der Waals surface area contributed by atoms with Gasteiger partial charge in [0.25, 0.3) is 5.56 Å². The number of benzene rings is 1. The second kappa shape index (κ2) is 7.99. The second-order valence-corrected chi connectivity index (χ2v) is 8.82. The lowest BCUT2D eigenvalue weighted by molar-refractivity contribution is -0.121. The molecule has 7 heteroatoms. The quantitative estimate of drug-likeness (QED) is 0.674. The number of rotatable bonds is 5. The number of fused-ring (bicyclic) bond motifs is 3. The van der Waals surface area contributed by atoms with Gasteiger partial charge in [0, 0.05) is 24.4 Å². The minimum Gasteiger partial charge on any atom is -0.507 e. The predicted octanol–water partition coefficient (Wildman–Crippen LogP) is 3.37. The maximum atomic E-state index is 12.9. The van der Waals surface area contributed by atoms with E-state index in [0.717, 1.165) is 46.2 Å². The van der Waals surface area contributed by atoms with Crippen molar-refractivity contribution in [3.63, 3.8) is 0 Å². The maximum Gasteiger partial charge on any atom is 0.262 e. The van der Waals surface area contributed by atoms with E-state index in [1.54, 1.807) is 22.2 Å². The molecule has 2 heterocycles. The number of phenols is 1. The third-order valence-corrected chi connectivity index (χ3v) is 6.76. The summed E-state index contributed by atoms with van der Waals surface area (Å²) in [5.74, 6) is 0.172. The fourth-order valence-corrected chi connectivity index (χ4v) is 5.22. The van der Waals surface area contributed by atoms with Crippen LogP contribution in [0.25, 0.3) is 10.2 Å². The van der Waals surface area contributed by atoms with E-state index in [9.17, 15) is 14.7 Å². The van der Waals surface area contributed by atoms with Gasteiger partial charge in [0.05, 0.1) is 11.7 Å². The molecule has 0 bridgehead atoms. The molecule has 0 spiro atoms. The summed E-state index contributed by atoms with van der Waals surface area (Å²) >= 11 is 1.63. The number of aryl methyl sites for hydroxylation is 5. The Morgan fingerprint density at radius 3 is 2.72 bits per heavy atom. The van der Waals surface area contributed by atoms with Crippen molar-refractivity contribution < 1.29 is 9.90 Å². The van der Waals surface area contributed by atoms with Gasteiger partial charge in [-0.3, -0.25) is 14.2 Å². The van der Waals surface area contributed by atoms with Crippen LogP contribution in [0.4, 0.5) is 0 Å². The molecule has 0 aliphatic heterocycles. The number of hydrogen-bond donors (Lipinski definition) is 2. The van der Waals surface area contributed by atoms with Crippen molar-refractivity contribution in [3.05, 3.63) is 55.9 Å². The Hall–Kier alpha value is -2.67. The SMILES string of the molecule is Cc1cc(CNC(=O)CCn2cnc3sc4c(c3c2=O)CCCC4)cc(C)c1O. The first kappa shape index (κ1) is 19.6. The minimum absolute atomic E-state index is 0.0352. The Kier molecular flexibility index (Phi) is 5.41. The Bertz CT molecular complexity index is 1120. The van der Waals surface area contributed by atoms with Crippen LogP contribution in [0.15, 0.2) is 23.3 Å². The molecule has 0 saturated carbocycles. The van der Waals surface area contributed by atoms with Crippen LogP contribution >= 0.6 is 11.3 Å². The third-order valence-electron chi connectivity index (χ3n) is 5.56. The van der Waals surface area contributed by atoms with E-state index in [-0.39, 0.29) is 23.6 Å². The molecule has 0 fully saturated rings. The summed E-state index contributed by atoms with van der Waals surface area (Å²) in [7, 11) is 0. The number of amides is 1. The van der Waals surface area contributed by atoms with Crippen molar-refractivity contribution in [2.24, 2.45) is 0 Å². The molecule has 6 nitrogen and oxygen atoms in total. The van der Waals surface area contributed by atoms with E-state index >= 15 is 0 Å². The van der Waals surface area contributed by atoms with E-state index < -0.39 is 0 Å². The third kappa shape index (κ3) is 3.92. The highest BCUT2D eigenvalue weighted by atomic mass is 32.1. The summed E-state index contributed by atoms with van der Waals surface area (Å²) in [6.45, 7) is 4.38. The summed E-state index contributed by atoms with van der Waals surface area (Å²) in [6, 6.07) is 3.73. The molecule has 152 valence electrons. The number of nitrogens with one attached hydrogen (secondary N) is 1. The molecule has 0 atom stereocenters. The summed E-state index contributed by atoms with van der Waals surface area (Å²) < 4.78 is 1.55. The van der Waals surface area contributed by atoms with Crippen molar-refractivity contribution in [1.29, 1.82) is 0 Å². The molecule has 0 saturated heterocycles. The number of carbonyl (C=O) groups excluding carboxylic acids is 1. The van der Waals surface area contributed by atoms with Crippen molar-refractivity contribution >= 4 is 27.5 Å². The van der Waals surface area contributed by atoms with Gasteiger partial charge in [0.2, 0.25) is 5.91 Å². The van der Waals surface area contributed by atoms with Gasteiger partial charge in [0.1, 0.15) is 10.6 Å². The van der Waals surface area contributed by atoms with Crippen LogP contribution in [0, 0.1) is 13.8 Å². The largest absolute Gasteiger partial charge is 0.507 e. The molecule has 1 amide bonds. The monoisotopic (exact) mass is 411 g/mol. The van der Waals surface area contributed by atoms with Crippen molar-refractivity contribution in [2.45, 2.75) is 59.0 Å². The number of carbonyl (C=O) groups is 1. The number of hydrogen-bond acceptors (Lipinski definition) is 5. The van der Waals surface area contributed by atoms with E-state index in [0.29, 0.717) is 13.1 Å². The molecular formula is C22H25N3O3S. The average Bonchev–Trinajstić information content (AvgIpc) is 3.09. The Labute approximate surface area is 173 Å². The molecule has 2 N–H and O–H groups in total. The van der Waals surface area contributed by atoms with Crippen LogP contribution < -0.4 is 10.9 Å². The first-order chi connectivity index (χ1) is 13.9. The van der Waals surface area contributed by atoms with Gasteiger partial charge in [-0.15, -0.1) is 11.3 Å². The smallest absolute Gasteiger partial charge is 0.262 e. The van der Waals surface area contributed by atoms with Gasteiger partial charge in [-0.05, 0) is 61.8 Å². The average molecular weight is 412 g/mol. The minimum atomic E-state index is -0.118. The van der Waals surface area contributed by atoms with Gasteiger partial charge in [-0.1, -0.05) is 12.1 Å². The second-order valence-electron chi connectivity index (χ2n) is 7.74. The molecule has 4 rings (SSSR count). The maximum absolute atomic E-state index is 12.9. The zero-order chi connectivity index (χ0) is 20.5. The van der Waals surface area contributed by atoms with E-state index in [1.165, 1.54) is 16.9 Å². The summed E-state index contributed by atoms with van der Waals surface area (Å²) in [4.78, 5) is 31.8. The standard InChI is InChI=1S/C22H25N3O3S/c1-13-9-15(10-14(2)20(13)27)11-23-18(26)7-8-25-12-24-21-19(22(25)28)16-5-3-4-6-17(16)29-21/h9-10,12,27H,3-8,11H2,1-2H3,(H,23,26). The predicted molar refractivity (Wildman–Crippen MR) is 115 cm³/mol. The number of thiophene rings is 1. The van der Waals surface area contributed by atoms with Crippen molar-refractivity contribution in [2.75, 3.05) is 0 Å². The fraction of sp³-hybridized carbons (Fsp3) is 0.409. The van der Waals surface area contributed by atoms with Crippen LogP contribution in [0.3, 0.4) is 0 Å². The molecule has 29 heavy (non-hydrogen) atoms. The van der Waals surface area contributed by atoms with Gasteiger partial charge in [-0.2, -0.15) is 0 Å². The molecule has 3 aromatic rings. The van der Waals surface area contributed by atoms with E-state index in [4.69, 9.17) is 0 Å². The molecule has 0 radical (unpaired) electrons. The molecule has 0 unspecified atom stereocenters. The first-order valence-electron chi connectivity index (χ1n) is 9.99. The van der Waals surface area contributed by atoms with E-state index in [2.05, 4.69) is 10.3 Å². The highest BCUT2D eigenvalue weighted by Gasteiger charge is 2.20. The van der Waals surface area contributed by atoms with Crippen LogP contribution in [0.1, 0.15) is 46.4 Å². The molecule has 1 aliphatic rings. The highest BCUT2D eigenvalue weighted by Crippen LogP contribution is 2.33. The van der Waals surface area contributed by atoms with E-state index in [1.807, 2.05) is 26.0 Å². The van der Waals surface area contributed by atoms with Crippen LogP contribution in [0.5, 0.6) is 5.75 Å². The lowest BCUT2D eigenvalue weighted by atomic mass is 9.97. The lowest BCUT2D eigenvalue weighted by Crippen LogP contribution is -2.27. The topological polar surface area (TPSA) is 84.2 Å². The van der Waals surface area contributed by atoms with Gasteiger partial charge in [0.15, 0.2) is 0 Å². The first-order valence-corrected chi connectivity index (χ1v) is 10.8. The zero-order valence-electron chi connectivity index (χ0n) is 16.7. The zero-order valence-corrected chi connectivity index (χ0v) is 17.6. The summed E-state index contributed by atoms with van der Waals surface area (Å²) in [5, 5.41) is 13.5. The lowest BCUT2D eigenvalue weighted by Gasteiger charge is -2.11. The van der Waals surface area contributed by atoms with Gasteiger partial charge >= 0.3 is 0 Å².